The Morgan fingerprint density at radius 2 is 1.66 bits per heavy atom. The van der Waals surface area contributed by atoms with Crippen LogP contribution in [0.2, 0.25) is 10.0 Å². The lowest BCUT2D eigenvalue weighted by Gasteiger charge is -2.32. The van der Waals surface area contributed by atoms with Crippen LogP contribution in [0.3, 0.4) is 0 Å². The number of carbonyl (C=O) groups excluding carboxylic acids is 2. The molecule has 0 aromatic heterocycles. The number of hydrogen-bond donors (Lipinski definition) is 1. The lowest BCUT2D eigenvalue weighted by Crippen LogP contribution is -2.52. The van der Waals surface area contributed by atoms with Gasteiger partial charge in [-0.05, 0) is 56.2 Å². The van der Waals surface area contributed by atoms with Crippen LogP contribution in [-0.2, 0) is 26.2 Å². The number of benzene rings is 3. The van der Waals surface area contributed by atoms with Crippen LogP contribution in [-0.4, -0.2) is 48.7 Å². The van der Waals surface area contributed by atoms with E-state index in [-0.39, 0.29) is 33.9 Å². The Morgan fingerprint density at radius 3 is 2.27 bits per heavy atom. The lowest BCUT2D eigenvalue weighted by atomic mass is 10.1. The predicted octanol–water partition coefficient (Wildman–Crippen LogP) is 5.43. The van der Waals surface area contributed by atoms with Crippen molar-refractivity contribution in [3.05, 3.63) is 98.5 Å². The number of sulfonamides is 1. The van der Waals surface area contributed by atoms with Crippen molar-refractivity contribution >= 4 is 56.4 Å². The number of hydrogen-bond acceptors (Lipinski definition) is 6. The van der Waals surface area contributed by atoms with Gasteiger partial charge in [-0.2, -0.15) is 0 Å². The predicted molar refractivity (Wildman–Crippen MR) is 158 cm³/mol. The molecule has 1 N–H and O–H groups in total. The highest BCUT2D eigenvalue weighted by molar-refractivity contribution is 7.92. The van der Waals surface area contributed by atoms with Crippen molar-refractivity contribution in [3.63, 3.8) is 0 Å². The summed E-state index contributed by atoms with van der Waals surface area (Å²) in [4.78, 5) is 39.0. The van der Waals surface area contributed by atoms with Crippen molar-refractivity contribution in [3.8, 4) is 0 Å². The molecule has 13 heteroatoms. The van der Waals surface area contributed by atoms with E-state index in [0.717, 1.165) is 10.4 Å². The van der Waals surface area contributed by atoms with Crippen molar-refractivity contribution < 1.29 is 22.9 Å². The van der Waals surface area contributed by atoms with E-state index in [9.17, 15) is 28.1 Å². The highest BCUT2D eigenvalue weighted by Crippen LogP contribution is 2.28. The minimum absolute atomic E-state index is 0.0809. The Labute approximate surface area is 249 Å². The van der Waals surface area contributed by atoms with Crippen molar-refractivity contribution in [1.29, 1.82) is 0 Å². The van der Waals surface area contributed by atoms with Crippen LogP contribution in [0.25, 0.3) is 0 Å². The first kappa shape index (κ1) is 31.9. The number of nitrogens with zero attached hydrogens (tertiary/aromatic N) is 3. The van der Waals surface area contributed by atoms with Gasteiger partial charge in [0.15, 0.2) is 0 Å². The summed E-state index contributed by atoms with van der Waals surface area (Å²) in [7, 11) is -4.36. The van der Waals surface area contributed by atoms with Gasteiger partial charge in [-0.1, -0.05) is 60.5 Å². The van der Waals surface area contributed by atoms with Crippen molar-refractivity contribution in [2.24, 2.45) is 0 Å². The van der Waals surface area contributed by atoms with Crippen LogP contribution in [0.15, 0.2) is 77.7 Å². The van der Waals surface area contributed by atoms with Gasteiger partial charge in [-0.25, -0.2) is 8.42 Å². The molecule has 3 rings (SSSR count). The van der Waals surface area contributed by atoms with Gasteiger partial charge in [0.25, 0.3) is 15.7 Å². The van der Waals surface area contributed by atoms with E-state index in [2.05, 4.69) is 5.32 Å². The molecular weight excluding hydrogens is 591 g/mol. The summed E-state index contributed by atoms with van der Waals surface area (Å²) in [5.74, 6) is -1.14. The molecule has 0 fully saturated rings. The number of carbonyl (C=O) groups is 2. The monoisotopic (exact) mass is 620 g/mol. The van der Waals surface area contributed by atoms with E-state index >= 15 is 0 Å². The molecule has 0 radical (unpaired) electrons. The number of amides is 2. The summed E-state index contributed by atoms with van der Waals surface area (Å²) in [5, 5.41) is 14.9. The van der Waals surface area contributed by atoms with Gasteiger partial charge in [0.05, 0.1) is 25.6 Å². The molecule has 218 valence electrons. The molecule has 2 amide bonds. The molecule has 3 aromatic rings. The standard InChI is InChI=1S/C28H30Cl2N4O6S/c1-4-19(2)31-28(36)20(3)32(17-21-13-14-25(29)26(30)15-21)27(35)18-33(22-9-8-10-23(16-22)34(37)38)41(39,40)24-11-6-5-7-12-24/h5-16,19-20H,4,17-18H2,1-3H3,(H,31,36)/t19-,20-/m1/s1. The van der Waals surface area contributed by atoms with Gasteiger partial charge in [-0.15, -0.1) is 0 Å². The summed E-state index contributed by atoms with van der Waals surface area (Å²) in [6.07, 6.45) is 0.662. The first-order valence-electron chi connectivity index (χ1n) is 12.7. The number of nitro benzene ring substituents is 1. The van der Waals surface area contributed by atoms with E-state index < -0.39 is 39.3 Å². The molecular formula is C28H30Cl2N4O6S. The molecule has 0 saturated carbocycles. The Kier molecular flexibility index (Phi) is 10.7. The van der Waals surface area contributed by atoms with E-state index in [0.29, 0.717) is 17.0 Å². The second-order valence-corrected chi connectivity index (χ2v) is 12.0. The summed E-state index contributed by atoms with van der Waals surface area (Å²) < 4.78 is 28.4. The minimum atomic E-state index is -4.36. The van der Waals surface area contributed by atoms with Crippen molar-refractivity contribution in [2.75, 3.05) is 10.8 Å². The van der Waals surface area contributed by atoms with Crippen LogP contribution in [0.1, 0.15) is 32.8 Å². The fourth-order valence-electron chi connectivity index (χ4n) is 3.89. The summed E-state index contributed by atoms with van der Waals surface area (Å²) in [6.45, 7) is 4.45. The Hall–Kier alpha value is -3.67. The summed E-state index contributed by atoms with van der Waals surface area (Å²) in [6, 6.07) is 16.0. The third-order valence-corrected chi connectivity index (χ3v) is 8.97. The van der Waals surface area contributed by atoms with Crippen molar-refractivity contribution in [1.82, 2.24) is 10.2 Å². The number of rotatable bonds is 12. The van der Waals surface area contributed by atoms with Crippen LogP contribution in [0, 0.1) is 10.1 Å². The molecule has 41 heavy (non-hydrogen) atoms. The van der Waals surface area contributed by atoms with Crippen LogP contribution in [0.4, 0.5) is 11.4 Å². The molecule has 0 aliphatic rings. The largest absolute Gasteiger partial charge is 0.352 e. The van der Waals surface area contributed by atoms with Gasteiger partial charge in [0, 0.05) is 24.7 Å². The number of anilines is 1. The van der Waals surface area contributed by atoms with Crippen LogP contribution in [0.5, 0.6) is 0 Å². The third kappa shape index (κ3) is 7.96. The van der Waals surface area contributed by atoms with Gasteiger partial charge >= 0.3 is 0 Å². The van der Waals surface area contributed by atoms with E-state index in [1.165, 1.54) is 54.3 Å². The van der Waals surface area contributed by atoms with Crippen molar-refractivity contribution in [2.45, 2.75) is 50.7 Å². The zero-order valence-corrected chi connectivity index (χ0v) is 25.0. The van der Waals surface area contributed by atoms with Gasteiger partial charge in [0.2, 0.25) is 11.8 Å². The summed E-state index contributed by atoms with van der Waals surface area (Å²) in [5.41, 5.74) is 0.128. The zero-order chi connectivity index (χ0) is 30.3. The second-order valence-electron chi connectivity index (χ2n) is 9.37. The lowest BCUT2D eigenvalue weighted by molar-refractivity contribution is -0.384. The SMILES string of the molecule is CC[C@@H](C)NC(=O)[C@@H](C)N(Cc1ccc(Cl)c(Cl)c1)C(=O)CN(c1cccc([N+](=O)[O-])c1)S(=O)(=O)c1ccccc1. The maximum atomic E-state index is 13.9. The molecule has 0 aliphatic heterocycles. The average molecular weight is 622 g/mol. The van der Waals surface area contributed by atoms with Gasteiger partial charge < -0.3 is 10.2 Å². The topological polar surface area (TPSA) is 130 Å². The Bertz CT molecular complexity index is 1520. The quantitative estimate of drug-likeness (QED) is 0.212. The number of non-ortho nitro benzene ring substituents is 1. The fraction of sp³-hybridized carbons (Fsp3) is 0.286. The molecule has 0 aliphatic carbocycles. The van der Waals surface area contributed by atoms with Crippen LogP contribution >= 0.6 is 23.2 Å². The van der Waals surface area contributed by atoms with Gasteiger partial charge in [-0.3, -0.25) is 24.0 Å². The first-order valence-corrected chi connectivity index (χ1v) is 14.9. The smallest absolute Gasteiger partial charge is 0.271 e. The molecule has 3 aromatic carbocycles. The van der Waals surface area contributed by atoms with Crippen LogP contribution < -0.4 is 9.62 Å². The maximum absolute atomic E-state index is 13.9. The average Bonchev–Trinajstić information content (AvgIpc) is 2.96. The van der Waals surface area contributed by atoms with E-state index in [4.69, 9.17) is 23.2 Å². The number of halogens is 2. The Balaban J connectivity index is 2.07. The second kappa shape index (κ2) is 13.8. The highest BCUT2D eigenvalue weighted by atomic mass is 35.5. The third-order valence-electron chi connectivity index (χ3n) is 6.44. The molecule has 0 saturated heterocycles. The molecule has 2 atom stereocenters. The molecule has 0 spiro atoms. The molecule has 0 heterocycles. The van der Waals surface area contributed by atoms with E-state index in [1.807, 2.05) is 13.8 Å². The Morgan fingerprint density at radius 1 is 0.976 bits per heavy atom. The first-order chi connectivity index (χ1) is 19.3. The zero-order valence-electron chi connectivity index (χ0n) is 22.7. The fourth-order valence-corrected chi connectivity index (χ4v) is 5.64. The summed E-state index contributed by atoms with van der Waals surface area (Å²) >= 11 is 12.2. The van der Waals surface area contributed by atoms with E-state index in [1.54, 1.807) is 24.3 Å². The minimum Gasteiger partial charge on any atom is -0.352 e. The maximum Gasteiger partial charge on any atom is 0.271 e. The molecule has 0 bridgehead atoms. The normalized spacial score (nSPS) is 12.7. The highest BCUT2D eigenvalue weighted by Gasteiger charge is 2.33. The molecule has 0 unspecified atom stereocenters. The number of nitrogens with one attached hydrogen (secondary N) is 1. The molecule has 10 nitrogen and oxygen atoms in total. The van der Waals surface area contributed by atoms with Gasteiger partial charge in [0.1, 0.15) is 12.6 Å². The number of nitro groups is 1.